The molecular weight excluding hydrogens is 354 g/mol. The van der Waals surface area contributed by atoms with E-state index in [9.17, 15) is 14.7 Å². The molecule has 0 saturated heterocycles. The van der Waals surface area contributed by atoms with E-state index in [2.05, 4.69) is 15.6 Å². The number of nitrogens with zero attached hydrogens (tertiary/aromatic N) is 1. The Morgan fingerprint density at radius 2 is 1.88 bits per heavy atom. The standard InChI is InChI=1S/C19H16ClN3O3/c1-11(24)23-14-6-7-17-15(8-14)18(25)16(10-21-17)19(26)22-9-12-2-4-13(20)5-3-12/h2-8,10H,9H2,1H3,(H,21,25)(H,22,26)(H,23,24). The highest BCUT2D eigenvalue weighted by molar-refractivity contribution is 6.30. The van der Waals surface area contributed by atoms with E-state index in [0.29, 0.717) is 28.2 Å². The molecule has 0 spiro atoms. The van der Waals surface area contributed by atoms with Crippen molar-refractivity contribution < 1.29 is 14.7 Å². The van der Waals surface area contributed by atoms with Crippen molar-refractivity contribution in [3.05, 3.63) is 64.8 Å². The van der Waals surface area contributed by atoms with Crippen molar-refractivity contribution >= 4 is 40.0 Å². The molecule has 2 aromatic carbocycles. The monoisotopic (exact) mass is 369 g/mol. The fourth-order valence-corrected chi connectivity index (χ4v) is 2.63. The van der Waals surface area contributed by atoms with Crippen LogP contribution < -0.4 is 10.6 Å². The molecule has 0 fully saturated rings. The number of halogens is 1. The zero-order chi connectivity index (χ0) is 18.7. The number of hydrogen-bond donors (Lipinski definition) is 3. The number of pyridine rings is 1. The van der Waals surface area contributed by atoms with Crippen molar-refractivity contribution in [1.29, 1.82) is 0 Å². The van der Waals surface area contributed by atoms with Crippen LogP contribution in [0.25, 0.3) is 10.9 Å². The van der Waals surface area contributed by atoms with E-state index in [1.807, 2.05) is 0 Å². The fourth-order valence-electron chi connectivity index (χ4n) is 2.51. The quantitative estimate of drug-likeness (QED) is 0.656. The Labute approximate surface area is 154 Å². The van der Waals surface area contributed by atoms with Crippen LogP contribution in [0.3, 0.4) is 0 Å². The fraction of sp³-hybridized carbons (Fsp3) is 0.105. The average Bonchev–Trinajstić information content (AvgIpc) is 2.61. The van der Waals surface area contributed by atoms with Crippen LogP contribution in [0.1, 0.15) is 22.8 Å². The molecule has 3 rings (SSSR count). The van der Waals surface area contributed by atoms with Gasteiger partial charge in [0.1, 0.15) is 11.3 Å². The third-order valence-electron chi connectivity index (χ3n) is 3.77. The Hall–Kier alpha value is -3.12. The van der Waals surface area contributed by atoms with Gasteiger partial charge in [-0.05, 0) is 35.9 Å². The number of fused-ring (bicyclic) bond motifs is 1. The Morgan fingerprint density at radius 3 is 2.58 bits per heavy atom. The first-order chi connectivity index (χ1) is 12.4. The number of hydrogen-bond acceptors (Lipinski definition) is 4. The normalized spacial score (nSPS) is 10.5. The summed E-state index contributed by atoms with van der Waals surface area (Å²) in [4.78, 5) is 27.8. The van der Waals surface area contributed by atoms with Gasteiger partial charge in [-0.2, -0.15) is 0 Å². The summed E-state index contributed by atoms with van der Waals surface area (Å²) in [5, 5.41) is 16.9. The van der Waals surface area contributed by atoms with Gasteiger partial charge < -0.3 is 15.7 Å². The zero-order valence-corrected chi connectivity index (χ0v) is 14.7. The number of anilines is 1. The molecule has 3 aromatic rings. The van der Waals surface area contributed by atoms with Crippen LogP contribution in [0.15, 0.2) is 48.7 Å². The summed E-state index contributed by atoms with van der Waals surface area (Å²) < 4.78 is 0. The topological polar surface area (TPSA) is 91.3 Å². The van der Waals surface area contributed by atoms with E-state index in [4.69, 9.17) is 11.6 Å². The van der Waals surface area contributed by atoms with Gasteiger partial charge in [0.25, 0.3) is 5.91 Å². The van der Waals surface area contributed by atoms with E-state index in [1.165, 1.54) is 13.1 Å². The van der Waals surface area contributed by atoms with Gasteiger partial charge in [0.2, 0.25) is 5.91 Å². The summed E-state index contributed by atoms with van der Waals surface area (Å²) in [6.07, 6.45) is 1.33. The molecule has 1 aromatic heterocycles. The van der Waals surface area contributed by atoms with Gasteiger partial charge in [0.15, 0.2) is 0 Å². The maximum atomic E-state index is 12.4. The molecule has 0 aliphatic rings. The number of nitrogens with one attached hydrogen (secondary N) is 2. The maximum absolute atomic E-state index is 12.4. The van der Waals surface area contributed by atoms with Gasteiger partial charge in [-0.3, -0.25) is 14.6 Å². The van der Waals surface area contributed by atoms with Crippen molar-refractivity contribution in [2.24, 2.45) is 0 Å². The SMILES string of the molecule is CC(=O)Nc1ccc2ncc(C(=O)NCc3ccc(Cl)cc3)c(O)c2c1. The maximum Gasteiger partial charge on any atom is 0.256 e. The van der Waals surface area contributed by atoms with E-state index in [-0.39, 0.29) is 17.2 Å². The van der Waals surface area contributed by atoms with E-state index >= 15 is 0 Å². The minimum atomic E-state index is -0.447. The second-order valence-electron chi connectivity index (χ2n) is 5.74. The number of rotatable bonds is 4. The van der Waals surface area contributed by atoms with Crippen molar-refractivity contribution in [3.8, 4) is 5.75 Å². The second-order valence-corrected chi connectivity index (χ2v) is 6.18. The number of carbonyl (C=O) groups is 2. The molecule has 26 heavy (non-hydrogen) atoms. The first kappa shape index (κ1) is 17.7. The minimum Gasteiger partial charge on any atom is -0.506 e. The van der Waals surface area contributed by atoms with Crippen LogP contribution in [0.2, 0.25) is 5.02 Å². The summed E-state index contributed by atoms with van der Waals surface area (Å²) in [6, 6.07) is 12.0. The summed E-state index contributed by atoms with van der Waals surface area (Å²) in [6.45, 7) is 1.68. The van der Waals surface area contributed by atoms with E-state index in [1.54, 1.807) is 42.5 Å². The van der Waals surface area contributed by atoms with Crippen LogP contribution in [0.4, 0.5) is 5.69 Å². The van der Waals surface area contributed by atoms with Crippen LogP contribution in [-0.2, 0) is 11.3 Å². The Balaban J connectivity index is 1.84. The summed E-state index contributed by atoms with van der Waals surface area (Å²) >= 11 is 5.84. The molecule has 0 aliphatic heterocycles. The predicted octanol–water partition coefficient (Wildman–Crippen LogP) is 3.48. The molecule has 7 heteroatoms. The smallest absolute Gasteiger partial charge is 0.256 e. The van der Waals surface area contributed by atoms with Gasteiger partial charge >= 0.3 is 0 Å². The van der Waals surface area contributed by atoms with Gasteiger partial charge in [-0.25, -0.2) is 0 Å². The summed E-state index contributed by atoms with van der Waals surface area (Å²) in [7, 11) is 0. The van der Waals surface area contributed by atoms with Crippen LogP contribution >= 0.6 is 11.6 Å². The predicted molar refractivity (Wildman–Crippen MR) is 100 cm³/mol. The lowest BCUT2D eigenvalue weighted by Crippen LogP contribution is -2.23. The van der Waals surface area contributed by atoms with Gasteiger partial charge in [-0.1, -0.05) is 23.7 Å². The van der Waals surface area contributed by atoms with Gasteiger partial charge in [-0.15, -0.1) is 0 Å². The number of aromatic hydroxyl groups is 1. The number of carbonyl (C=O) groups excluding carboxylic acids is 2. The molecule has 0 saturated carbocycles. The van der Waals surface area contributed by atoms with E-state index < -0.39 is 5.91 Å². The lowest BCUT2D eigenvalue weighted by molar-refractivity contribution is -0.114. The summed E-state index contributed by atoms with van der Waals surface area (Å²) in [5.41, 5.74) is 1.97. The Bertz CT molecular complexity index is 987. The van der Waals surface area contributed by atoms with Crippen molar-refractivity contribution in [1.82, 2.24) is 10.3 Å². The highest BCUT2D eigenvalue weighted by atomic mass is 35.5. The van der Waals surface area contributed by atoms with Crippen LogP contribution in [0.5, 0.6) is 5.75 Å². The lowest BCUT2D eigenvalue weighted by Gasteiger charge is -2.10. The average molecular weight is 370 g/mol. The van der Waals surface area contributed by atoms with Crippen molar-refractivity contribution in [3.63, 3.8) is 0 Å². The third kappa shape index (κ3) is 3.92. The molecule has 0 bridgehead atoms. The summed E-state index contributed by atoms with van der Waals surface area (Å²) in [5.74, 6) is -0.860. The van der Waals surface area contributed by atoms with Crippen molar-refractivity contribution in [2.75, 3.05) is 5.32 Å². The van der Waals surface area contributed by atoms with Crippen LogP contribution in [0, 0.1) is 0 Å². The minimum absolute atomic E-state index is 0.0615. The largest absolute Gasteiger partial charge is 0.506 e. The Kier molecular flexibility index (Phi) is 5.04. The number of aromatic nitrogens is 1. The van der Waals surface area contributed by atoms with Gasteiger partial charge in [0, 0.05) is 35.8 Å². The molecule has 6 nitrogen and oxygen atoms in total. The highest BCUT2D eigenvalue weighted by Crippen LogP contribution is 2.29. The first-order valence-electron chi connectivity index (χ1n) is 7.86. The third-order valence-corrected chi connectivity index (χ3v) is 4.02. The Morgan fingerprint density at radius 1 is 1.15 bits per heavy atom. The molecule has 0 unspecified atom stereocenters. The molecular formula is C19H16ClN3O3. The second kappa shape index (κ2) is 7.41. The molecule has 1 heterocycles. The number of benzene rings is 2. The zero-order valence-electron chi connectivity index (χ0n) is 13.9. The molecule has 0 aliphatic carbocycles. The molecule has 0 radical (unpaired) electrons. The highest BCUT2D eigenvalue weighted by Gasteiger charge is 2.15. The number of amides is 2. The van der Waals surface area contributed by atoms with Gasteiger partial charge in [0.05, 0.1) is 5.52 Å². The molecule has 2 amide bonds. The lowest BCUT2D eigenvalue weighted by atomic mass is 10.1. The molecule has 3 N–H and O–H groups in total. The van der Waals surface area contributed by atoms with Crippen LogP contribution in [-0.4, -0.2) is 21.9 Å². The molecule has 0 atom stereocenters. The van der Waals surface area contributed by atoms with E-state index in [0.717, 1.165) is 5.56 Å². The first-order valence-corrected chi connectivity index (χ1v) is 8.24. The van der Waals surface area contributed by atoms with Crippen molar-refractivity contribution in [2.45, 2.75) is 13.5 Å². The molecule has 132 valence electrons.